The fraction of sp³-hybridized carbons (Fsp3) is 0.500. The average molecular weight is 251 g/mol. The van der Waals surface area contributed by atoms with Gasteiger partial charge in [0.1, 0.15) is 0 Å². The molecule has 0 aromatic heterocycles. The van der Waals surface area contributed by atoms with Crippen LogP contribution in [0.4, 0.5) is 0 Å². The minimum absolute atomic E-state index is 0.421. The van der Waals surface area contributed by atoms with Gasteiger partial charge < -0.3 is 15.2 Å². The minimum atomic E-state index is -0.470. The lowest BCUT2D eigenvalue weighted by molar-refractivity contribution is 0.1000. The Balaban J connectivity index is 2.57. The van der Waals surface area contributed by atoms with Crippen LogP contribution < -0.4 is 15.2 Å². The third-order valence-corrected chi connectivity index (χ3v) is 2.70. The van der Waals surface area contributed by atoms with Crippen LogP contribution in [-0.2, 0) is 0 Å². The topological polar surface area (TPSA) is 61.5 Å². The molecule has 2 N–H and O–H groups in total. The summed E-state index contributed by atoms with van der Waals surface area (Å²) in [6.07, 6.45) is 4.62. The second-order valence-electron chi connectivity index (χ2n) is 4.14. The first-order valence-corrected chi connectivity index (χ1v) is 6.29. The number of methoxy groups -OCH3 is 1. The lowest BCUT2D eigenvalue weighted by Crippen LogP contribution is -2.11. The minimum Gasteiger partial charge on any atom is -0.493 e. The van der Waals surface area contributed by atoms with Crippen molar-refractivity contribution in [3.8, 4) is 11.5 Å². The average Bonchev–Trinajstić information content (AvgIpc) is 2.38. The Labute approximate surface area is 108 Å². The summed E-state index contributed by atoms with van der Waals surface area (Å²) in [6, 6.07) is 4.97. The maximum atomic E-state index is 11.0. The smallest absolute Gasteiger partial charge is 0.248 e. The number of unbranched alkanes of at least 4 members (excludes halogenated alkanes) is 3. The zero-order valence-corrected chi connectivity index (χ0v) is 11.1. The Morgan fingerprint density at radius 2 is 2.00 bits per heavy atom. The van der Waals surface area contributed by atoms with Crippen molar-refractivity contribution in [1.82, 2.24) is 0 Å². The molecule has 18 heavy (non-hydrogen) atoms. The zero-order chi connectivity index (χ0) is 13.4. The summed E-state index contributed by atoms with van der Waals surface area (Å²) in [4.78, 5) is 11.0. The lowest BCUT2D eigenvalue weighted by atomic mass is 10.2. The van der Waals surface area contributed by atoms with Gasteiger partial charge in [0.05, 0.1) is 13.7 Å². The number of ether oxygens (including phenoxy) is 2. The van der Waals surface area contributed by atoms with E-state index in [0.29, 0.717) is 23.7 Å². The number of nitrogens with two attached hydrogens (primary N) is 1. The van der Waals surface area contributed by atoms with Crippen molar-refractivity contribution in [2.75, 3.05) is 13.7 Å². The van der Waals surface area contributed by atoms with E-state index in [1.165, 1.54) is 12.8 Å². The van der Waals surface area contributed by atoms with E-state index >= 15 is 0 Å². The fourth-order valence-electron chi connectivity index (χ4n) is 1.65. The Hall–Kier alpha value is -1.71. The molecule has 4 nitrogen and oxygen atoms in total. The van der Waals surface area contributed by atoms with Crippen molar-refractivity contribution in [2.45, 2.75) is 32.6 Å². The van der Waals surface area contributed by atoms with Gasteiger partial charge in [-0.3, -0.25) is 4.79 Å². The molecule has 1 aromatic rings. The summed E-state index contributed by atoms with van der Waals surface area (Å²) in [7, 11) is 1.55. The largest absolute Gasteiger partial charge is 0.493 e. The number of primary amides is 1. The van der Waals surface area contributed by atoms with Crippen LogP contribution >= 0.6 is 0 Å². The van der Waals surface area contributed by atoms with Crippen molar-refractivity contribution >= 4 is 5.91 Å². The number of benzene rings is 1. The van der Waals surface area contributed by atoms with Crippen LogP contribution in [-0.4, -0.2) is 19.6 Å². The molecule has 0 aliphatic heterocycles. The van der Waals surface area contributed by atoms with Crippen molar-refractivity contribution in [3.05, 3.63) is 23.8 Å². The normalized spacial score (nSPS) is 10.1. The molecular formula is C14H21NO3. The zero-order valence-electron chi connectivity index (χ0n) is 11.1. The number of rotatable bonds is 8. The lowest BCUT2D eigenvalue weighted by Gasteiger charge is -2.11. The van der Waals surface area contributed by atoms with Gasteiger partial charge in [-0.1, -0.05) is 26.2 Å². The van der Waals surface area contributed by atoms with Crippen LogP contribution in [0.3, 0.4) is 0 Å². The van der Waals surface area contributed by atoms with Gasteiger partial charge in [0.15, 0.2) is 11.5 Å². The molecule has 0 saturated heterocycles. The van der Waals surface area contributed by atoms with Crippen LogP contribution in [0, 0.1) is 0 Å². The van der Waals surface area contributed by atoms with Crippen LogP contribution in [0.15, 0.2) is 18.2 Å². The molecule has 0 heterocycles. The molecule has 0 fully saturated rings. The van der Waals surface area contributed by atoms with Gasteiger partial charge in [-0.2, -0.15) is 0 Å². The van der Waals surface area contributed by atoms with E-state index in [1.54, 1.807) is 25.3 Å². The monoisotopic (exact) mass is 251 g/mol. The molecular weight excluding hydrogens is 230 g/mol. The molecule has 0 radical (unpaired) electrons. The molecule has 1 amide bonds. The van der Waals surface area contributed by atoms with E-state index in [4.69, 9.17) is 15.2 Å². The van der Waals surface area contributed by atoms with Crippen LogP contribution in [0.2, 0.25) is 0 Å². The summed E-state index contributed by atoms with van der Waals surface area (Å²) in [6.45, 7) is 2.83. The third-order valence-electron chi connectivity index (χ3n) is 2.70. The number of carbonyl (C=O) groups excluding carboxylic acids is 1. The van der Waals surface area contributed by atoms with Gasteiger partial charge in [-0.15, -0.1) is 0 Å². The van der Waals surface area contributed by atoms with Gasteiger partial charge in [-0.25, -0.2) is 0 Å². The standard InChI is InChI=1S/C14H21NO3/c1-3-4-5-6-9-18-12-8-7-11(14(15)16)10-13(12)17-2/h7-8,10H,3-6,9H2,1-2H3,(H2,15,16). The van der Waals surface area contributed by atoms with E-state index in [1.807, 2.05) is 0 Å². The molecule has 0 aliphatic carbocycles. The second-order valence-corrected chi connectivity index (χ2v) is 4.14. The predicted molar refractivity (Wildman–Crippen MR) is 71.1 cm³/mol. The Bertz CT molecular complexity index is 391. The van der Waals surface area contributed by atoms with Crippen molar-refractivity contribution < 1.29 is 14.3 Å². The van der Waals surface area contributed by atoms with Crippen molar-refractivity contribution in [1.29, 1.82) is 0 Å². The Morgan fingerprint density at radius 3 is 2.61 bits per heavy atom. The molecule has 0 bridgehead atoms. The van der Waals surface area contributed by atoms with Crippen LogP contribution in [0.1, 0.15) is 43.0 Å². The van der Waals surface area contributed by atoms with Crippen molar-refractivity contribution in [3.63, 3.8) is 0 Å². The summed E-state index contributed by atoms with van der Waals surface area (Å²) < 4.78 is 10.8. The quantitative estimate of drug-likeness (QED) is 0.723. The summed E-state index contributed by atoms with van der Waals surface area (Å²) in [5, 5.41) is 0. The van der Waals surface area contributed by atoms with Gasteiger partial charge in [0, 0.05) is 5.56 Å². The summed E-state index contributed by atoms with van der Waals surface area (Å²) >= 11 is 0. The van der Waals surface area contributed by atoms with Gasteiger partial charge >= 0.3 is 0 Å². The van der Waals surface area contributed by atoms with E-state index in [9.17, 15) is 4.79 Å². The molecule has 0 saturated carbocycles. The van der Waals surface area contributed by atoms with E-state index < -0.39 is 5.91 Å². The SMILES string of the molecule is CCCCCCOc1ccc(C(N)=O)cc1OC. The van der Waals surface area contributed by atoms with E-state index in [2.05, 4.69) is 6.92 Å². The number of hydrogen-bond donors (Lipinski definition) is 1. The van der Waals surface area contributed by atoms with E-state index in [0.717, 1.165) is 12.8 Å². The maximum Gasteiger partial charge on any atom is 0.248 e. The Morgan fingerprint density at radius 1 is 1.22 bits per heavy atom. The molecule has 4 heteroatoms. The first-order valence-electron chi connectivity index (χ1n) is 6.29. The van der Waals surface area contributed by atoms with E-state index in [-0.39, 0.29) is 0 Å². The molecule has 0 aliphatic rings. The maximum absolute atomic E-state index is 11.0. The predicted octanol–water partition coefficient (Wildman–Crippen LogP) is 2.75. The van der Waals surface area contributed by atoms with Gasteiger partial charge in [0.2, 0.25) is 5.91 Å². The molecule has 0 spiro atoms. The molecule has 100 valence electrons. The molecule has 1 rings (SSSR count). The highest BCUT2D eigenvalue weighted by atomic mass is 16.5. The van der Waals surface area contributed by atoms with Crippen molar-refractivity contribution in [2.24, 2.45) is 5.73 Å². The number of hydrogen-bond acceptors (Lipinski definition) is 3. The highest BCUT2D eigenvalue weighted by Crippen LogP contribution is 2.28. The Kier molecular flexibility index (Phi) is 6.05. The molecule has 0 atom stereocenters. The molecule has 1 aromatic carbocycles. The first-order chi connectivity index (χ1) is 8.69. The van der Waals surface area contributed by atoms with Crippen LogP contribution in [0.5, 0.6) is 11.5 Å². The van der Waals surface area contributed by atoms with Crippen LogP contribution in [0.25, 0.3) is 0 Å². The van der Waals surface area contributed by atoms with Gasteiger partial charge in [-0.05, 0) is 24.6 Å². The third kappa shape index (κ3) is 4.28. The molecule has 0 unspecified atom stereocenters. The highest BCUT2D eigenvalue weighted by molar-refractivity contribution is 5.93. The number of amides is 1. The summed E-state index contributed by atoms with van der Waals surface area (Å²) in [5.41, 5.74) is 5.63. The first kappa shape index (κ1) is 14.4. The second kappa shape index (κ2) is 7.58. The summed E-state index contributed by atoms with van der Waals surface area (Å²) in [5.74, 6) is 0.726. The fourth-order valence-corrected chi connectivity index (χ4v) is 1.65. The highest BCUT2D eigenvalue weighted by Gasteiger charge is 2.08. The van der Waals surface area contributed by atoms with Gasteiger partial charge in [0.25, 0.3) is 0 Å². The number of carbonyl (C=O) groups is 1.